The van der Waals surface area contributed by atoms with Gasteiger partial charge in [0.2, 0.25) is 11.8 Å². The summed E-state index contributed by atoms with van der Waals surface area (Å²) in [6, 6.07) is 7.17. The van der Waals surface area contributed by atoms with Gasteiger partial charge in [0, 0.05) is 19.7 Å². The molecule has 32 heavy (non-hydrogen) atoms. The molecule has 2 heterocycles. The van der Waals surface area contributed by atoms with E-state index in [0.717, 1.165) is 22.3 Å². The van der Waals surface area contributed by atoms with Crippen molar-refractivity contribution in [3.05, 3.63) is 46.5 Å². The van der Waals surface area contributed by atoms with Crippen LogP contribution in [0.4, 0.5) is 0 Å². The number of allylic oxidation sites excluding steroid dienone is 1. The summed E-state index contributed by atoms with van der Waals surface area (Å²) in [4.78, 5) is 26.8. The van der Waals surface area contributed by atoms with Crippen molar-refractivity contribution in [2.24, 2.45) is 17.8 Å². The fraction of sp³-hybridized carbons (Fsp3) is 0.500. The first-order chi connectivity index (χ1) is 15.3. The van der Waals surface area contributed by atoms with Crippen LogP contribution in [0.2, 0.25) is 6.32 Å². The van der Waals surface area contributed by atoms with E-state index in [1.54, 1.807) is 26.3 Å². The van der Waals surface area contributed by atoms with Gasteiger partial charge in [-0.3, -0.25) is 14.5 Å². The van der Waals surface area contributed by atoms with Crippen molar-refractivity contribution in [2.45, 2.75) is 38.6 Å². The van der Waals surface area contributed by atoms with Crippen LogP contribution in [0.1, 0.15) is 31.7 Å². The molecule has 2 N–H and O–H groups in total. The number of hydrogen-bond acceptors (Lipinski definition) is 6. The van der Waals surface area contributed by atoms with Gasteiger partial charge in [0.05, 0.1) is 24.5 Å². The molecular weight excluding hydrogens is 409 g/mol. The second kappa shape index (κ2) is 9.21. The zero-order valence-corrected chi connectivity index (χ0v) is 18.8. The van der Waals surface area contributed by atoms with Gasteiger partial charge in [-0.15, -0.1) is 0 Å². The van der Waals surface area contributed by atoms with Gasteiger partial charge in [-0.2, -0.15) is 0 Å². The molecule has 4 rings (SSSR count). The summed E-state index contributed by atoms with van der Waals surface area (Å²) in [5.74, 6) is -1.14. The number of rotatable bonds is 6. The van der Waals surface area contributed by atoms with Crippen molar-refractivity contribution in [3.8, 4) is 5.75 Å². The molecule has 0 radical (unpaired) electrons. The Morgan fingerprint density at radius 1 is 1.28 bits per heavy atom. The molecule has 2 amide bonds. The second-order valence-electron chi connectivity index (χ2n) is 9.07. The number of phenolic OH excluding ortho intramolecular Hbond substituents is 1. The third-order valence-corrected chi connectivity index (χ3v) is 6.99. The van der Waals surface area contributed by atoms with Crippen LogP contribution >= 0.6 is 0 Å². The highest BCUT2D eigenvalue weighted by atomic mass is 16.5. The van der Waals surface area contributed by atoms with Gasteiger partial charge in [-0.25, -0.2) is 0 Å². The molecule has 0 spiro atoms. The predicted molar refractivity (Wildman–Crippen MR) is 120 cm³/mol. The number of nitrogens with zero attached hydrogens (tertiary/aromatic N) is 1. The molecule has 1 aromatic carbocycles. The molecule has 7 nitrogen and oxygen atoms in total. The van der Waals surface area contributed by atoms with E-state index in [2.05, 4.69) is 0 Å². The SMILES string of the molecule is COCC1=C2[C@@H](CC/C(C)=C/c3ccccc3O)OB(O)C[C@@H]2[C@@H]2C(=O)N(C)C(=O)[C@@H]2C1. The van der Waals surface area contributed by atoms with E-state index in [1.807, 2.05) is 25.1 Å². The lowest BCUT2D eigenvalue weighted by Gasteiger charge is -2.43. The molecule has 0 saturated carbocycles. The fourth-order valence-electron chi connectivity index (χ4n) is 5.53. The first-order valence-electron chi connectivity index (χ1n) is 11.1. The third kappa shape index (κ3) is 4.14. The lowest BCUT2D eigenvalue weighted by atomic mass is 9.58. The van der Waals surface area contributed by atoms with Crippen molar-refractivity contribution in [3.63, 3.8) is 0 Å². The molecule has 2 saturated heterocycles. The maximum atomic E-state index is 12.9. The Balaban J connectivity index is 1.60. The Morgan fingerprint density at radius 3 is 2.75 bits per heavy atom. The number of aromatic hydroxyl groups is 1. The molecule has 4 atom stereocenters. The van der Waals surface area contributed by atoms with Crippen LogP contribution in [-0.2, 0) is 19.0 Å². The van der Waals surface area contributed by atoms with E-state index in [1.165, 1.54) is 4.90 Å². The number of carbonyl (C=O) groups excluding carboxylic acids is 2. The number of methoxy groups -OCH3 is 1. The highest BCUT2D eigenvalue weighted by Crippen LogP contribution is 2.50. The lowest BCUT2D eigenvalue weighted by molar-refractivity contribution is -0.138. The van der Waals surface area contributed by atoms with Gasteiger partial charge in [0.1, 0.15) is 5.75 Å². The minimum absolute atomic E-state index is 0.147. The van der Waals surface area contributed by atoms with Crippen molar-refractivity contribution in [1.29, 1.82) is 0 Å². The zero-order chi connectivity index (χ0) is 23.0. The molecule has 0 bridgehead atoms. The average molecular weight is 439 g/mol. The van der Waals surface area contributed by atoms with Crippen LogP contribution in [0.3, 0.4) is 0 Å². The number of benzene rings is 1. The summed E-state index contributed by atoms with van der Waals surface area (Å²) in [5.41, 5.74) is 3.85. The van der Waals surface area contributed by atoms with Crippen LogP contribution in [0.15, 0.2) is 41.0 Å². The molecule has 170 valence electrons. The molecule has 0 aromatic heterocycles. The Morgan fingerprint density at radius 2 is 2.03 bits per heavy atom. The number of imide groups is 1. The number of likely N-dealkylation sites (tertiary alicyclic amines) is 1. The quantitative estimate of drug-likeness (QED) is 0.402. The standard InChI is InChI=1S/C24H30BNO6/c1-14(10-15-6-4-5-7-19(15)27)8-9-20-21-16(13-31-3)11-17-22(18(21)12-25(30)32-20)24(29)26(2)23(17)28/h4-7,10,17-18,20,22,27,30H,8-9,11-13H2,1-3H3/b14-10+/t17-,18+,20-,22-/m1/s1. The summed E-state index contributed by atoms with van der Waals surface area (Å²) in [5, 5.41) is 20.5. The lowest BCUT2D eigenvalue weighted by Crippen LogP contribution is -2.46. The van der Waals surface area contributed by atoms with Crippen LogP contribution < -0.4 is 0 Å². The van der Waals surface area contributed by atoms with Crippen LogP contribution in [0, 0.1) is 17.8 Å². The minimum Gasteiger partial charge on any atom is -0.507 e. The fourth-order valence-corrected chi connectivity index (χ4v) is 5.53. The highest BCUT2D eigenvalue weighted by Gasteiger charge is 2.56. The molecule has 2 fully saturated rings. The van der Waals surface area contributed by atoms with Gasteiger partial charge < -0.3 is 19.5 Å². The monoisotopic (exact) mass is 439 g/mol. The summed E-state index contributed by atoms with van der Waals surface area (Å²) in [7, 11) is 2.18. The van der Waals surface area contributed by atoms with Gasteiger partial charge in [0.25, 0.3) is 0 Å². The van der Waals surface area contributed by atoms with E-state index in [-0.39, 0.29) is 35.5 Å². The average Bonchev–Trinajstić information content (AvgIpc) is 2.97. The summed E-state index contributed by atoms with van der Waals surface area (Å²) >= 11 is 0. The number of amides is 2. The Hall–Kier alpha value is -2.42. The van der Waals surface area contributed by atoms with E-state index in [4.69, 9.17) is 9.39 Å². The highest BCUT2D eigenvalue weighted by molar-refractivity contribution is 6.43. The number of fused-ring (bicyclic) bond motifs is 3. The number of phenols is 1. The molecular formula is C24H30BNO6. The molecule has 8 heteroatoms. The topological polar surface area (TPSA) is 96.3 Å². The van der Waals surface area contributed by atoms with Crippen molar-refractivity contribution in [1.82, 2.24) is 4.90 Å². The summed E-state index contributed by atoms with van der Waals surface area (Å²) < 4.78 is 11.4. The van der Waals surface area contributed by atoms with Crippen LogP contribution in [-0.4, -0.2) is 60.8 Å². The second-order valence-corrected chi connectivity index (χ2v) is 9.07. The number of hydrogen-bond donors (Lipinski definition) is 2. The summed E-state index contributed by atoms with van der Waals surface area (Å²) in [6.45, 7) is 2.38. The Labute approximate surface area is 188 Å². The number of para-hydroxylation sites is 1. The largest absolute Gasteiger partial charge is 0.507 e. The Kier molecular flexibility index (Phi) is 6.56. The molecule has 3 aliphatic rings. The molecule has 1 aromatic rings. The maximum absolute atomic E-state index is 12.9. The van der Waals surface area contributed by atoms with Gasteiger partial charge >= 0.3 is 7.12 Å². The van der Waals surface area contributed by atoms with Crippen molar-refractivity contribution in [2.75, 3.05) is 20.8 Å². The summed E-state index contributed by atoms with van der Waals surface area (Å²) in [6.07, 6.45) is 3.71. The van der Waals surface area contributed by atoms with E-state index >= 15 is 0 Å². The van der Waals surface area contributed by atoms with Crippen molar-refractivity contribution < 1.29 is 29.1 Å². The molecule has 2 aliphatic heterocycles. The van der Waals surface area contributed by atoms with Crippen molar-refractivity contribution >= 4 is 25.0 Å². The normalized spacial score (nSPS) is 28.3. The smallest absolute Gasteiger partial charge is 0.455 e. The van der Waals surface area contributed by atoms with Gasteiger partial charge in [-0.1, -0.05) is 29.8 Å². The maximum Gasteiger partial charge on any atom is 0.455 e. The molecule has 1 aliphatic carbocycles. The van der Waals surface area contributed by atoms with E-state index in [9.17, 15) is 19.7 Å². The van der Waals surface area contributed by atoms with Gasteiger partial charge in [0.15, 0.2) is 0 Å². The first kappa shape index (κ1) is 22.8. The predicted octanol–water partition coefficient (Wildman–Crippen LogP) is 2.65. The van der Waals surface area contributed by atoms with E-state index in [0.29, 0.717) is 32.2 Å². The Bertz CT molecular complexity index is 973. The third-order valence-electron chi connectivity index (χ3n) is 6.99. The zero-order valence-electron chi connectivity index (χ0n) is 18.8. The van der Waals surface area contributed by atoms with E-state index < -0.39 is 13.0 Å². The van der Waals surface area contributed by atoms with Gasteiger partial charge in [-0.05, 0) is 55.6 Å². The first-order valence-corrected chi connectivity index (χ1v) is 11.1. The van der Waals surface area contributed by atoms with Crippen LogP contribution in [0.25, 0.3) is 6.08 Å². The number of ether oxygens (including phenoxy) is 1. The molecule has 0 unspecified atom stereocenters. The van der Waals surface area contributed by atoms with Crippen LogP contribution in [0.5, 0.6) is 5.75 Å². The minimum atomic E-state index is -0.979. The number of carbonyl (C=O) groups is 2.